The van der Waals surface area contributed by atoms with Gasteiger partial charge in [-0.1, -0.05) is 40.0 Å². The van der Waals surface area contributed by atoms with Crippen molar-refractivity contribution in [1.82, 2.24) is 10.2 Å². The minimum absolute atomic E-state index is 0.118. The predicted octanol–water partition coefficient (Wildman–Crippen LogP) is 3.15. The van der Waals surface area contributed by atoms with E-state index in [0.717, 1.165) is 19.5 Å². The maximum atomic E-state index is 12.0. The largest absolute Gasteiger partial charge is 0.331 e. The van der Waals surface area contributed by atoms with Crippen LogP contribution in [-0.2, 0) is 0 Å². The Balaban J connectivity index is 1.90. The first-order valence-corrected chi connectivity index (χ1v) is 6.97. The normalized spacial score (nSPS) is 24.2. The summed E-state index contributed by atoms with van der Waals surface area (Å²) < 4.78 is 0. The predicted molar refractivity (Wildman–Crippen MR) is 70.0 cm³/mol. The Morgan fingerprint density at radius 3 is 2.47 bits per heavy atom. The molecule has 3 nitrogen and oxygen atoms in total. The van der Waals surface area contributed by atoms with Crippen molar-refractivity contribution in [1.29, 1.82) is 0 Å². The lowest BCUT2D eigenvalue weighted by molar-refractivity contribution is 0.206. The van der Waals surface area contributed by atoms with Crippen molar-refractivity contribution >= 4 is 6.03 Å². The fourth-order valence-electron chi connectivity index (χ4n) is 2.95. The second-order valence-corrected chi connectivity index (χ2v) is 7.00. The Kier molecular flexibility index (Phi) is 3.37. The monoisotopic (exact) mass is 238 g/mol. The van der Waals surface area contributed by atoms with E-state index in [1.54, 1.807) is 0 Å². The zero-order valence-corrected chi connectivity index (χ0v) is 11.5. The molecular formula is C14H26N2O. The second-order valence-electron chi connectivity index (χ2n) is 7.00. The molecule has 2 rings (SSSR count). The summed E-state index contributed by atoms with van der Waals surface area (Å²) in [4.78, 5) is 14.0. The van der Waals surface area contributed by atoms with Gasteiger partial charge in [0, 0.05) is 13.1 Å². The van der Waals surface area contributed by atoms with Crippen LogP contribution in [0.3, 0.4) is 0 Å². The molecule has 17 heavy (non-hydrogen) atoms. The molecule has 0 unspecified atom stereocenters. The van der Waals surface area contributed by atoms with Crippen molar-refractivity contribution in [2.24, 2.45) is 5.41 Å². The lowest BCUT2D eigenvalue weighted by Gasteiger charge is -2.32. The highest BCUT2D eigenvalue weighted by atomic mass is 16.2. The van der Waals surface area contributed by atoms with Crippen molar-refractivity contribution in [3.63, 3.8) is 0 Å². The van der Waals surface area contributed by atoms with E-state index in [1.165, 1.54) is 32.1 Å². The lowest BCUT2D eigenvalue weighted by atomic mass is 9.82. The first-order valence-electron chi connectivity index (χ1n) is 6.97. The molecule has 98 valence electrons. The summed E-state index contributed by atoms with van der Waals surface area (Å²) in [6.07, 6.45) is 7.30. The van der Waals surface area contributed by atoms with E-state index in [0.29, 0.717) is 5.41 Å². The van der Waals surface area contributed by atoms with Crippen LogP contribution in [0.1, 0.15) is 59.3 Å². The highest BCUT2D eigenvalue weighted by molar-refractivity contribution is 5.77. The molecule has 1 saturated carbocycles. The fraction of sp³-hybridized carbons (Fsp3) is 0.929. The van der Waals surface area contributed by atoms with Crippen LogP contribution in [-0.4, -0.2) is 29.6 Å². The van der Waals surface area contributed by atoms with Gasteiger partial charge in [-0.05, 0) is 24.7 Å². The van der Waals surface area contributed by atoms with Crippen molar-refractivity contribution in [3.8, 4) is 0 Å². The number of nitrogens with zero attached hydrogens (tertiary/aromatic N) is 1. The van der Waals surface area contributed by atoms with Crippen LogP contribution in [0, 0.1) is 5.41 Å². The van der Waals surface area contributed by atoms with Crippen LogP contribution < -0.4 is 5.32 Å². The molecule has 0 aromatic heterocycles. The van der Waals surface area contributed by atoms with Crippen molar-refractivity contribution < 1.29 is 4.79 Å². The SMILES string of the molecule is CC(C)(C)CCN1CC2(CCCCC2)NC1=O. The zero-order chi connectivity index (χ0) is 12.5. The Morgan fingerprint density at radius 2 is 1.88 bits per heavy atom. The van der Waals surface area contributed by atoms with Gasteiger partial charge in [0.2, 0.25) is 0 Å². The third-order valence-corrected chi connectivity index (χ3v) is 4.10. The van der Waals surface area contributed by atoms with Gasteiger partial charge in [-0.25, -0.2) is 4.79 Å². The number of carbonyl (C=O) groups is 1. The van der Waals surface area contributed by atoms with Crippen LogP contribution in [0.25, 0.3) is 0 Å². The molecular weight excluding hydrogens is 212 g/mol. The third kappa shape index (κ3) is 3.14. The van der Waals surface area contributed by atoms with Crippen molar-refractivity contribution in [2.75, 3.05) is 13.1 Å². The van der Waals surface area contributed by atoms with Gasteiger partial charge in [0.25, 0.3) is 0 Å². The number of hydrogen-bond acceptors (Lipinski definition) is 1. The summed E-state index contributed by atoms with van der Waals surface area (Å²) in [6, 6.07) is 0.163. The van der Waals surface area contributed by atoms with E-state index >= 15 is 0 Å². The fourth-order valence-corrected chi connectivity index (χ4v) is 2.95. The maximum Gasteiger partial charge on any atom is 0.317 e. The molecule has 1 spiro atoms. The maximum absolute atomic E-state index is 12.0. The molecule has 1 N–H and O–H groups in total. The van der Waals surface area contributed by atoms with Gasteiger partial charge < -0.3 is 10.2 Å². The number of hydrogen-bond donors (Lipinski definition) is 1. The number of nitrogens with one attached hydrogen (secondary N) is 1. The van der Waals surface area contributed by atoms with Gasteiger partial charge in [-0.15, -0.1) is 0 Å². The van der Waals surface area contributed by atoms with Gasteiger partial charge in [0.1, 0.15) is 0 Å². The molecule has 0 aromatic rings. The minimum atomic E-state index is 0.118. The van der Waals surface area contributed by atoms with E-state index in [9.17, 15) is 4.79 Å². The summed E-state index contributed by atoms with van der Waals surface area (Å²) in [5, 5.41) is 3.24. The summed E-state index contributed by atoms with van der Waals surface area (Å²) in [6.45, 7) is 8.53. The highest BCUT2D eigenvalue weighted by Gasteiger charge is 2.42. The Hall–Kier alpha value is -0.730. The first kappa shape index (κ1) is 12.7. The van der Waals surface area contributed by atoms with Gasteiger partial charge in [0.05, 0.1) is 5.54 Å². The second kappa shape index (κ2) is 4.51. The van der Waals surface area contributed by atoms with Crippen molar-refractivity contribution in [3.05, 3.63) is 0 Å². The van der Waals surface area contributed by atoms with E-state index in [2.05, 4.69) is 26.1 Å². The van der Waals surface area contributed by atoms with Gasteiger partial charge in [0.15, 0.2) is 0 Å². The Morgan fingerprint density at radius 1 is 1.24 bits per heavy atom. The molecule has 0 aromatic carbocycles. The first-order chi connectivity index (χ1) is 7.90. The molecule has 2 fully saturated rings. The van der Waals surface area contributed by atoms with Crippen molar-refractivity contribution in [2.45, 2.75) is 64.8 Å². The average molecular weight is 238 g/mol. The highest BCUT2D eigenvalue weighted by Crippen LogP contribution is 2.33. The topological polar surface area (TPSA) is 32.3 Å². The molecule has 1 heterocycles. The zero-order valence-electron chi connectivity index (χ0n) is 11.5. The number of carbonyl (C=O) groups excluding carboxylic acids is 1. The summed E-state index contributed by atoms with van der Waals surface area (Å²) in [5.41, 5.74) is 0.426. The summed E-state index contributed by atoms with van der Waals surface area (Å²) in [7, 11) is 0. The van der Waals surface area contributed by atoms with Crippen LogP contribution in [0.5, 0.6) is 0 Å². The molecule has 2 amide bonds. The van der Waals surface area contributed by atoms with E-state index in [4.69, 9.17) is 0 Å². The molecule has 1 saturated heterocycles. The number of amides is 2. The summed E-state index contributed by atoms with van der Waals surface area (Å²) in [5.74, 6) is 0. The molecule has 0 atom stereocenters. The smallest absolute Gasteiger partial charge is 0.317 e. The van der Waals surface area contributed by atoms with Crippen LogP contribution in [0.2, 0.25) is 0 Å². The summed E-state index contributed by atoms with van der Waals surface area (Å²) >= 11 is 0. The van der Waals surface area contributed by atoms with Crippen LogP contribution in [0.4, 0.5) is 4.79 Å². The van der Waals surface area contributed by atoms with Crippen LogP contribution in [0.15, 0.2) is 0 Å². The number of rotatable bonds is 2. The number of urea groups is 1. The van der Waals surface area contributed by atoms with E-state index in [-0.39, 0.29) is 11.6 Å². The minimum Gasteiger partial charge on any atom is -0.331 e. The molecule has 1 aliphatic heterocycles. The quantitative estimate of drug-likeness (QED) is 0.787. The van der Waals surface area contributed by atoms with Gasteiger partial charge >= 0.3 is 6.03 Å². The molecule has 2 aliphatic rings. The van der Waals surface area contributed by atoms with Gasteiger partial charge in [-0.3, -0.25) is 0 Å². The Labute approximate surface area is 105 Å². The average Bonchev–Trinajstić information content (AvgIpc) is 2.52. The molecule has 3 heteroatoms. The van der Waals surface area contributed by atoms with E-state index < -0.39 is 0 Å². The Bertz CT molecular complexity index is 287. The molecule has 1 aliphatic carbocycles. The standard InChI is InChI=1S/C14H26N2O/c1-13(2,3)9-10-16-11-14(15-12(16)17)7-5-4-6-8-14/h4-11H2,1-3H3,(H,15,17). The lowest BCUT2D eigenvalue weighted by Crippen LogP contribution is -2.44. The molecule has 0 bridgehead atoms. The molecule has 0 radical (unpaired) electrons. The van der Waals surface area contributed by atoms with Crippen LogP contribution >= 0.6 is 0 Å². The van der Waals surface area contributed by atoms with Gasteiger partial charge in [-0.2, -0.15) is 0 Å². The third-order valence-electron chi connectivity index (χ3n) is 4.10. The van der Waals surface area contributed by atoms with E-state index in [1.807, 2.05) is 4.90 Å².